The maximum absolute atomic E-state index is 9.43. The summed E-state index contributed by atoms with van der Waals surface area (Å²) in [6.07, 6.45) is 1.37. The van der Waals surface area contributed by atoms with E-state index in [9.17, 15) is 5.11 Å². The van der Waals surface area contributed by atoms with Crippen LogP contribution in [0.25, 0.3) is 0 Å². The van der Waals surface area contributed by atoms with Crippen LogP contribution in [0.3, 0.4) is 0 Å². The van der Waals surface area contributed by atoms with E-state index < -0.39 is 6.10 Å². The molecular formula is C13H21N3O. The van der Waals surface area contributed by atoms with Crippen molar-refractivity contribution in [3.05, 3.63) is 24.0 Å². The SMILES string of the molecule is CC1CN(C)CCN1c1ccc([C@@H](C)O)nc1. The fourth-order valence-corrected chi connectivity index (χ4v) is 2.34. The maximum atomic E-state index is 9.43. The standard InChI is InChI=1S/C13H21N3O/c1-10-9-15(3)6-7-16(10)12-4-5-13(11(2)17)14-8-12/h4-5,8,10-11,17H,6-7,9H2,1-3H3/t10?,11-/m1/s1. The van der Waals surface area contributed by atoms with Crippen LogP contribution in [0.1, 0.15) is 25.6 Å². The Labute approximate surface area is 103 Å². The minimum atomic E-state index is -0.492. The van der Waals surface area contributed by atoms with Gasteiger partial charge < -0.3 is 14.9 Å². The van der Waals surface area contributed by atoms with E-state index in [0.717, 1.165) is 31.0 Å². The van der Waals surface area contributed by atoms with Gasteiger partial charge in [0.1, 0.15) is 0 Å². The summed E-state index contributed by atoms with van der Waals surface area (Å²) in [5, 5.41) is 9.43. The summed E-state index contributed by atoms with van der Waals surface area (Å²) in [5.74, 6) is 0. The van der Waals surface area contributed by atoms with Crippen LogP contribution < -0.4 is 4.90 Å². The average Bonchev–Trinajstić information content (AvgIpc) is 2.29. The van der Waals surface area contributed by atoms with E-state index in [0.29, 0.717) is 6.04 Å². The molecular weight excluding hydrogens is 214 g/mol. The predicted octanol–water partition coefficient (Wildman–Crippen LogP) is 1.28. The summed E-state index contributed by atoms with van der Waals surface area (Å²) in [4.78, 5) is 9.02. The van der Waals surface area contributed by atoms with Crippen molar-refractivity contribution in [3.63, 3.8) is 0 Å². The van der Waals surface area contributed by atoms with Crippen LogP contribution in [-0.4, -0.2) is 47.7 Å². The normalized spacial score (nSPS) is 23.8. The summed E-state index contributed by atoms with van der Waals surface area (Å²) >= 11 is 0. The van der Waals surface area contributed by atoms with Gasteiger partial charge in [-0.3, -0.25) is 4.98 Å². The Balaban J connectivity index is 2.11. The zero-order chi connectivity index (χ0) is 12.4. The second-order valence-electron chi connectivity index (χ2n) is 4.92. The van der Waals surface area contributed by atoms with Gasteiger partial charge >= 0.3 is 0 Å². The highest BCUT2D eigenvalue weighted by atomic mass is 16.3. The van der Waals surface area contributed by atoms with Gasteiger partial charge in [-0.1, -0.05) is 0 Å². The van der Waals surface area contributed by atoms with Crippen molar-refractivity contribution in [1.82, 2.24) is 9.88 Å². The predicted molar refractivity (Wildman–Crippen MR) is 69.2 cm³/mol. The molecule has 1 aliphatic heterocycles. The number of hydrogen-bond acceptors (Lipinski definition) is 4. The Hall–Kier alpha value is -1.13. The minimum Gasteiger partial charge on any atom is -0.387 e. The van der Waals surface area contributed by atoms with Crippen molar-refractivity contribution in [2.75, 3.05) is 31.6 Å². The van der Waals surface area contributed by atoms with Crippen molar-refractivity contribution < 1.29 is 5.11 Å². The van der Waals surface area contributed by atoms with Crippen LogP contribution in [0.4, 0.5) is 5.69 Å². The van der Waals surface area contributed by atoms with Gasteiger partial charge in [0.25, 0.3) is 0 Å². The molecule has 4 nitrogen and oxygen atoms in total. The van der Waals surface area contributed by atoms with E-state index in [-0.39, 0.29) is 0 Å². The number of pyridine rings is 1. The summed E-state index contributed by atoms with van der Waals surface area (Å²) in [6, 6.07) is 4.47. The molecule has 1 fully saturated rings. The van der Waals surface area contributed by atoms with Gasteiger partial charge in [0.2, 0.25) is 0 Å². The van der Waals surface area contributed by atoms with Crippen molar-refractivity contribution in [3.8, 4) is 0 Å². The smallest absolute Gasteiger partial charge is 0.0931 e. The second kappa shape index (κ2) is 5.02. The number of hydrogen-bond donors (Lipinski definition) is 1. The van der Waals surface area contributed by atoms with Crippen LogP contribution in [0.15, 0.2) is 18.3 Å². The van der Waals surface area contributed by atoms with Gasteiger partial charge in [0.05, 0.1) is 23.7 Å². The summed E-state index contributed by atoms with van der Waals surface area (Å²) in [7, 11) is 2.16. The zero-order valence-electron chi connectivity index (χ0n) is 10.8. The van der Waals surface area contributed by atoms with E-state index in [2.05, 4.69) is 34.8 Å². The van der Waals surface area contributed by atoms with Crippen LogP contribution >= 0.6 is 0 Å². The quantitative estimate of drug-likeness (QED) is 0.838. The van der Waals surface area contributed by atoms with Crippen LogP contribution in [0.2, 0.25) is 0 Å². The Morgan fingerprint density at radius 1 is 1.41 bits per heavy atom. The Morgan fingerprint density at radius 3 is 2.71 bits per heavy atom. The molecule has 17 heavy (non-hydrogen) atoms. The van der Waals surface area contributed by atoms with Gasteiger partial charge in [0.15, 0.2) is 0 Å². The second-order valence-corrected chi connectivity index (χ2v) is 4.92. The lowest BCUT2D eigenvalue weighted by Crippen LogP contribution is -2.50. The molecule has 1 aliphatic rings. The van der Waals surface area contributed by atoms with E-state index >= 15 is 0 Å². The fourth-order valence-electron chi connectivity index (χ4n) is 2.34. The number of aliphatic hydroxyl groups excluding tert-OH is 1. The number of piperazine rings is 1. The molecule has 0 aliphatic carbocycles. The number of likely N-dealkylation sites (N-methyl/N-ethyl adjacent to an activating group) is 1. The molecule has 0 bridgehead atoms. The summed E-state index contributed by atoms with van der Waals surface area (Å²) in [6.45, 7) is 7.17. The molecule has 2 rings (SSSR count). The number of anilines is 1. The zero-order valence-corrected chi connectivity index (χ0v) is 10.8. The molecule has 1 aromatic rings. The molecule has 4 heteroatoms. The first-order chi connectivity index (χ1) is 8.08. The van der Waals surface area contributed by atoms with Gasteiger partial charge in [0, 0.05) is 25.7 Å². The Bertz CT molecular complexity index is 363. The molecule has 2 atom stereocenters. The van der Waals surface area contributed by atoms with Crippen LogP contribution in [0.5, 0.6) is 0 Å². The monoisotopic (exact) mass is 235 g/mol. The number of aromatic nitrogens is 1. The first-order valence-electron chi connectivity index (χ1n) is 6.17. The first kappa shape index (κ1) is 12.3. The molecule has 1 N–H and O–H groups in total. The third kappa shape index (κ3) is 2.76. The van der Waals surface area contributed by atoms with Gasteiger partial charge in [-0.15, -0.1) is 0 Å². The van der Waals surface area contributed by atoms with Crippen molar-refractivity contribution >= 4 is 5.69 Å². The topological polar surface area (TPSA) is 39.6 Å². The first-order valence-corrected chi connectivity index (χ1v) is 6.17. The van der Waals surface area contributed by atoms with Crippen LogP contribution in [0, 0.1) is 0 Å². The number of rotatable bonds is 2. The lowest BCUT2D eigenvalue weighted by Gasteiger charge is -2.39. The largest absolute Gasteiger partial charge is 0.387 e. The van der Waals surface area contributed by atoms with Gasteiger partial charge in [-0.25, -0.2) is 0 Å². The molecule has 1 saturated heterocycles. The van der Waals surface area contributed by atoms with E-state index in [1.165, 1.54) is 0 Å². The highest BCUT2D eigenvalue weighted by molar-refractivity contribution is 5.46. The van der Waals surface area contributed by atoms with Crippen LogP contribution in [-0.2, 0) is 0 Å². The molecule has 94 valence electrons. The van der Waals surface area contributed by atoms with Gasteiger partial charge in [-0.2, -0.15) is 0 Å². The third-order valence-electron chi connectivity index (χ3n) is 3.36. The highest BCUT2D eigenvalue weighted by Gasteiger charge is 2.21. The third-order valence-corrected chi connectivity index (χ3v) is 3.36. The number of aliphatic hydroxyl groups is 1. The molecule has 0 spiro atoms. The summed E-state index contributed by atoms with van der Waals surface area (Å²) < 4.78 is 0. The molecule has 0 amide bonds. The van der Waals surface area contributed by atoms with Crippen molar-refractivity contribution in [2.24, 2.45) is 0 Å². The number of nitrogens with zero attached hydrogens (tertiary/aromatic N) is 3. The van der Waals surface area contributed by atoms with Crippen molar-refractivity contribution in [2.45, 2.75) is 26.0 Å². The fraction of sp³-hybridized carbons (Fsp3) is 0.615. The molecule has 1 aromatic heterocycles. The highest BCUT2D eigenvalue weighted by Crippen LogP contribution is 2.20. The molecule has 1 unspecified atom stereocenters. The lowest BCUT2D eigenvalue weighted by atomic mass is 10.1. The maximum Gasteiger partial charge on any atom is 0.0931 e. The molecule has 2 heterocycles. The minimum absolute atomic E-state index is 0.492. The van der Waals surface area contributed by atoms with Crippen molar-refractivity contribution in [1.29, 1.82) is 0 Å². The average molecular weight is 235 g/mol. The molecule has 0 aromatic carbocycles. The Morgan fingerprint density at radius 2 is 2.18 bits per heavy atom. The summed E-state index contributed by atoms with van der Waals surface area (Å²) in [5.41, 5.74) is 1.88. The van der Waals surface area contributed by atoms with E-state index in [1.807, 2.05) is 12.3 Å². The van der Waals surface area contributed by atoms with Gasteiger partial charge in [-0.05, 0) is 33.0 Å². The molecule has 0 radical (unpaired) electrons. The lowest BCUT2D eigenvalue weighted by molar-refractivity contribution is 0.194. The van der Waals surface area contributed by atoms with E-state index in [1.54, 1.807) is 6.92 Å². The Kier molecular flexibility index (Phi) is 3.64. The molecule has 0 saturated carbocycles. The van der Waals surface area contributed by atoms with E-state index in [4.69, 9.17) is 0 Å².